The summed E-state index contributed by atoms with van der Waals surface area (Å²) in [5, 5.41) is 10.4. The summed E-state index contributed by atoms with van der Waals surface area (Å²) in [5.41, 5.74) is 1.78. The van der Waals surface area contributed by atoms with Crippen LogP contribution in [0.25, 0.3) is 5.57 Å². The highest BCUT2D eigenvalue weighted by Gasteiger charge is 2.32. The highest BCUT2D eigenvalue weighted by atomic mass is 32.2. The largest absolute Gasteiger partial charge is 0.510 e. The van der Waals surface area contributed by atoms with Gasteiger partial charge < -0.3 is 14.7 Å². The average molecular weight is 389 g/mol. The van der Waals surface area contributed by atoms with E-state index in [0.717, 1.165) is 16.3 Å². The third-order valence-electron chi connectivity index (χ3n) is 4.56. The molecule has 1 aliphatic rings. The molecule has 140 valence electrons. The molecule has 0 fully saturated rings. The van der Waals surface area contributed by atoms with Crippen LogP contribution < -0.4 is 9.64 Å². The first-order valence-electron chi connectivity index (χ1n) is 8.87. The lowest BCUT2D eigenvalue weighted by molar-refractivity contribution is -0.112. The van der Waals surface area contributed by atoms with E-state index < -0.39 is 0 Å². The molecule has 0 saturated carbocycles. The van der Waals surface area contributed by atoms with Gasteiger partial charge >= 0.3 is 0 Å². The molecule has 0 spiro atoms. The van der Waals surface area contributed by atoms with Crippen LogP contribution in [0.4, 0.5) is 5.69 Å². The van der Waals surface area contributed by atoms with Crippen LogP contribution in [-0.2, 0) is 4.79 Å². The maximum atomic E-state index is 12.9. The Kier molecular flexibility index (Phi) is 5.08. The molecule has 0 atom stereocenters. The van der Waals surface area contributed by atoms with E-state index in [0.29, 0.717) is 16.9 Å². The number of carbonyl (C=O) groups excluding carboxylic acids is 1. The van der Waals surface area contributed by atoms with Crippen LogP contribution in [0.5, 0.6) is 11.5 Å². The number of hydrogen-bond acceptors (Lipinski definition) is 4. The van der Waals surface area contributed by atoms with E-state index in [4.69, 9.17) is 4.74 Å². The predicted molar refractivity (Wildman–Crippen MR) is 113 cm³/mol. The first kappa shape index (κ1) is 18.2. The first-order chi connectivity index (χ1) is 13.7. The molecule has 0 unspecified atom stereocenters. The molecule has 1 aliphatic heterocycles. The lowest BCUT2D eigenvalue weighted by Crippen LogP contribution is -2.26. The van der Waals surface area contributed by atoms with Gasteiger partial charge in [0.1, 0.15) is 17.3 Å². The Balaban J connectivity index is 1.53. The minimum Gasteiger partial charge on any atom is -0.510 e. The summed E-state index contributed by atoms with van der Waals surface area (Å²) in [4.78, 5) is 15.6. The molecular weight excluding hydrogens is 370 g/mol. The second-order valence-corrected chi connectivity index (χ2v) is 7.23. The number of anilines is 1. The minimum absolute atomic E-state index is 0.0793. The highest BCUT2D eigenvalue weighted by Crippen LogP contribution is 2.33. The minimum atomic E-state index is -0.203. The molecular formula is C23H19NO3S. The van der Waals surface area contributed by atoms with Crippen molar-refractivity contribution < 1.29 is 14.6 Å². The van der Waals surface area contributed by atoms with Crippen molar-refractivity contribution in [2.75, 3.05) is 17.7 Å². The summed E-state index contributed by atoms with van der Waals surface area (Å²) in [7, 11) is 0. The molecule has 1 amide bonds. The van der Waals surface area contributed by atoms with Crippen LogP contribution in [0.2, 0.25) is 0 Å². The van der Waals surface area contributed by atoms with Crippen molar-refractivity contribution in [3.8, 4) is 11.5 Å². The van der Waals surface area contributed by atoms with Gasteiger partial charge in [0.05, 0.1) is 12.1 Å². The quantitative estimate of drug-likeness (QED) is 0.584. The van der Waals surface area contributed by atoms with Crippen molar-refractivity contribution in [2.45, 2.75) is 4.90 Å². The number of nitrogens with zero attached hydrogens (tertiary/aromatic N) is 1. The Morgan fingerprint density at radius 1 is 0.893 bits per heavy atom. The number of rotatable bonds is 5. The van der Waals surface area contributed by atoms with Gasteiger partial charge in [0.25, 0.3) is 5.91 Å². The normalized spacial score (nSPS) is 13.9. The molecule has 1 heterocycles. The van der Waals surface area contributed by atoms with Gasteiger partial charge in [0, 0.05) is 10.6 Å². The Bertz CT molecular complexity index is 1010. The molecule has 3 aromatic rings. The van der Waals surface area contributed by atoms with Crippen molar-refractivity contribution in [2.24, 2.45) is 0 Å². The van der Waals surface area contributed by atoms with Gasteiger partial charge in [-0.15, -0.1) is 11.8 Å². The monoisotopic (exact) mass is 389 g/mol. The van der Waals surface area contributed by atoms with Gasteiger partial charge in [-0.3, -0.25) is 4.79 Å². The van der Waals surface area contributed by atoms with Crippen molar-refractivity contribution in [1.29, 1.82) is 0 Å². The van der Waals surface area contributed by atoms with E-state index in [1.165, 1.54) is 0 Å². The fraction of sp³-hybridized carbons (Fsp3) is 0.0870. The molecule has 28 heavy (non-hydrogen) atoms. The average Bonchev–Trinajstić information content (AvgIpc) is 3.03. The van der Waals surface area contributed by atoms with Gasteiger partial charge in [0.15, 0.2) is 0 Å². The Morgan fingerprint density at radius 2 is 1.54 bits per heavy atom. The Labute approximate surface area is 168 Å². The van der Waals surface area contributed by atoms with E-state index >= 15 is 0 Å². The molecule has 0 radical (unpaired) electrons. The summed E-state index contributed by atoms with van der Waals surface area (Å²) >= 11 is 1.65. The molecule has 0 aromatic heterocycles. The van der Waals surface area contributed by atoms with Crippen LogP contribution in [0, 0.1) is 0 Å². The van der Waals surface area contributed by atoms with E-state index in [9.17, 15) is 9.90 Å². The lowest BCUT2D eigenvalue weighted by Gasteiger charge is -2.16. The zero-order chi connectivity index (χ0) is 19.5. The fourth-order valence-corrected chi connectivity index (χ4v) is 3.54. The predicted octanol–water partition coefficient (Wildman–Crippen LogP) is 5.52. The number of hydrogen-bond donors (Lipinski definition) is 1. The van der Waals surface area contributed by atoms with Gasteiger partial charge in [-0.1, -0.05) is 30.3 Å². The SMILES string of the molecule is CSc1ccc(N2CC(O)=C(c3ccc(Oc4ccccc4)cc3)C2=O)cc1. The maximum Gasteiger partial charge on any atom is 0.262 e. The Morgan fingerprint density at radius 3 is 2.18 bits per heavy atom. The molecule has 0 saturated heterocycles. The fourth-order valence-electron chi connectivity index (χ4n) is 3.13. The van der Waals surface area contributed by atoms with E-state index in [2.05, 4.69) is 0 Å². The summed E-state index contributed by atoms with van der Waals surface area (Å²) in [6.07, 6.45) is 2.01. The van der Waals surface area contributed by atoms with Crippen LogP contribution in [0.15, 0.2) is 89.5 Å². The lowest BCUT2D eigenvalue weighted by atomic mass is 10.1. The molecule has 4 rings (SSSR count). The number of carbonyl (C=O) groups is 1. The number of para-hydroxylation sites is 1. The van der Waals surface area contributed by atoms with Crippen LogP contribution in [0.1, 0.15) is 5.56 Å². The van der Waals surface area contributed by atoms with Gasteiger partial charge in [-0.25, -0.2) is 0 Å². The third kappa shape index (κ3) is 3.62. The van der Waals surface area contributed by atoms with Crippen LogP contribution >= 0.6 is 11.8 Å². The van der Waals surface area contributed by atoms with Crippen molar-refractivity contribution in [3.05, 3.63) is 90.2 Å². The number of amides is 1. The van der Waals surface area contributed by atoms with Crippen LogP contribution in [-0.4, -0.2) is 23.8 Å². The molecule has 4 nitrogen and oxygen atoms in total. The molecule has 0 bridgehead atoms. The third-order valence-corrected chi connectivity index (χ3v) is 5.31. The zero-order valence-corrected chi connectivity index (χ0v) is 16.1. The number of ether oxygens (including phenoxy) is 1. The molecule has 5 heteroatoms. The second kappa shape index (κ2) is 7.82. The van der Waals surface area contributed by atoms with Crippen molar-refractivity contribution in [3.63, 3.8) is 0 Å². The highest BCUT2D eigenvalue weighted by molar-refractivity contribution is 7.98. The van der Waals surface area contributed by atoms with E-state index in [1.807, 2.05) is 60.9 Å². The standard InChI is InChI=1S/C23H19NO3S/c1-28-20-13-9-17(10-14-20)24-15-21(25)22(23(24)26)16-7-11-19(12-8-16)27-18-5-3-2-4-6-18/h2-14,25H,15H2,1H3. The first-order valence-corrected chi connectivity index (χ1v) is 10.1. The summed E-state index contributed by atoms with van der Waals surface area (Å²) in [6.45, 7) is 0.176. The van der Waals surface area contributed by atoms with Gasteiger partial charge in [0.2, 0.25) is 0 Å². The number of aliphatic hydroxyl groups is 1. The summed E-state index contributed by atoms with van der Waals surface area (Å²) in [5.74, 6) is 1.29. The van der Waals surface area contributed by atoms with Crippen molar-refractivity contribution >= 4 is 28.9 Å². The summed E-state index contributed by atoms with van der Waals surface area (Å²) in [6, 6.07) is 24.4. The van der Waals surface area contributed by atoms with Gasteiger partial charge in [-0.05, 0) is 60.4 Å². The topological polar surface area (TPSA) is 49.8 Å². The summed E-state index contributed by atoms with van der Waals surface area (Å²) < 4.78 is 5.79. The number of thioether (sulfide) groups is 1. The van der Waals surface area contributed by atoms with Crippen molar-refractivity contribution in [1.82, 2.24) is 0 Å². The molecule has 1 N–H and O–H groups in total. The molecule has 3 aromatic carbocycles. The number of benzene rings is 3. The second-order valence-electron chi connectivity index (χ2n) is 6.35. The smallest absolute Gasteiger partial charge is 0.262 e. The Hall–Kier alpha value is -3.18. The van der Waals surface area contributed by atoms with Gasteiger partial charge in [-0.2, -0.15) is 0 Å². The van der Waals surface area contributed by atoms with Crippen LogP contribution in [0.3, 0.4) is 0 Å². The maximum absolute atomic E-state index is 12.9. The number of aliphatic hydroxyl groups excluding tert-OH is 1. The molecule has 0 aliphatic carbocycles. The zero-order valence-electron chi connectivity index (χ0n) is 15.3. The van der Waals surface area contributed by atoms with E-state index in [1.54, 1.807) is 40.9 Å². The van der Waals surface area contributed by atoms with E-state index in [-0.39, 0.29) is 18.2 Å².